The predicted molar refractivity (Wildman–Crippen MR) is 94.0 cm³/mol. The standard InChI is InChI=1S/C17H21N3O5S/c21-15(18-13-7-9-26(24,25)11-13)10-14-16(22)20(17(23)19-14)8-6-12-4-2-1-3-5-12/h1-5,13-14H,6-11H2,(H,18,21)(H,19,23)/t13-,14-/m1/s1. The molecule has 140 valence electrons. The molecule has 0 saturated carbocycles. The van der Waals surface area contributed by atoms with Gasteiger partial charge in [-0.25, -0.2) is 13.2 Å². The first-order valence-electron chi connectivity index (χ1n) is 8.50. The SMILES string of the molecule is O=C(C[C@H]1NC(=O)N(CCc2ccccc2)C1=O)N[C@@H]1CCS(=O)(=O)C1. The van der Waals surface area contributed by atoms with Crippen LogP contribution in [0.15, 0.2) is 30.3 Å². The van der Waals surface area contributed by atoms with Crippen LogP contribution in [0.5, 0.6) is 0 Å². The summed E-state index contributed by atoms with van der Waals surface area (Å²) < 4.78 is 22.8. The van der Waals surface area contributed by atoms with Crippen molar-refractivity contribution in [2.75, 3.05) is 18.1 Å². The van der Waals surface area contributed by atoms with E-state index < -0.39 is 39.8 Å². The van der Waals surface area contributed by atoms with Crippen LogP contribution < -0.4 is 10.6 Å². The first-order chi connectivity index (χ1) is 12.3. The Hall–Kier alpha value is -2.42. The van der Waals surface area contributed by atoms with Crippen LogP contribution in [0.2, 0.25) is 0 Å². The molecule has 0 unspecified atom stereocenters. The lowest BCUT2D eigenvalue weighted by Crippen LogP contribution is -2.41. The second-order valence-electron chi connectivity index (χ2n) is 6.60. The molecule has 2 N–H and O–H groups in total. The summed E-state index contributed by atoms with van der Waals surface area (Å²) in [6, 6.07) is 7.66. The van der Waals surface area contributed by atoms with E-state index in [1.165, 1.54) is 0 Å². The summed E-state index contributed by atoms with van der Waals surface area (Å²) in [5.41, 5.74) is 1.01. The Bertz CT molecular complexity index is 809. The predicted octanol–water partition coefficient (Wildman–Crippen LogP) is -0.157. The van der Waals surface area contributed by atoms with E-state index in [1.54, 1.807) is 0 Å². The Morgan fingerprint density at radius 2 is 1.96 bits per heavy atom. The zero-order chi connectivity index (χ0) is 18.7. The Balaban J connectivity index is 1.51. The van der Waals surface area contributed by atoms with Crippen LogP contribution in [-0.4, -0.2) is 61.3 Å². The van der Waals surface area contributed by atoms with Crippen LogP contribution in [0.1, 0.15) is 18.4 Å². The Morgan fingerprint density at radius 3 is 2.62 bits per heavy atom. The molecular weight excluding hydrogens is 358 g/mol. The quantitative estimate of drug-likeness (QED) is 0.667. The molecule has 0 bridgehead atoms. The maximum absolute atomic E-state index is 12.4. The van der Waals surface area contributed by atoms with E-state index in [0.29, 0.717) is 12.8 Å². The summed E-state index contributed by atoms with van der Waals surface area (Å²) in [6.07, 6.45) is 0.726. The minimum Gasteiger partial charge on any atom is -0.352 e. The van der Waals surface area contributed by atoms with E-state index in [2.05, 4.69) is 10.6 Å². The molecule has 0 radical (unpaired) electrons. The smallest absolute Gasteiger partial charge is 0.324 e. The molecule has 0 aliphatic carbocycles. The first-order valence-corrected chi connectivity index (χ1v) is 10.3. The number of hydrogen-bond donors (Lipinski definition) is 2. The number of hydrogen-bond acceptors (Lipinski definition) is 5. The normalized spacial score (nSPS) is 24.5. The van der Waals surface area contributed by atoms with Gasteiger partial charge < -0.3 is 10.6 Å². The monoisotopic (exact) mass is 379 g/mol. The molecule has 2 fully saturated rings. The summed E-state index contributed by atoms with van der Waals surface area (Å²) >= 11 is 0. The van der Waals surface area contributed by atoms with Gasteiger partial charge >= 0.3 is 6.03 Å². The van der Waals surface area contributed by atoms with Crippen molar-refractivity contribution in [2.45, 2.75) is 31.3 Å². The second kappa shape index (κ2) is 7.45. The van der Waals surface area contributed by atoms with E-state index in [9.17, 15) is 22.8 Å². The zero-order valence-corrected chi connectivity index (χ0v) is 15.0. The lowest BCUT2D eigenvalue weighted by molar-refractivity contribution is -0.131. The molecule has 2 heterocycles. The summed E-state index contributed by atoms with van der Waals surface area (Å²) in [5, 5.41) is 5.15. The fourth-order valence-electron chi connectivity index (χ4n) is 3.19. The number of urea groups is 1. The van der Waals surface area contributed by atoms with Gasteiger partial charge in [0.05, 0.1) is 17.9 Å². The summed E-state index contributed by atoms with van der Waals surface area (Å²) in [5.74, 6) is -0.882. The summed E-state index contributed by atoms with van der Waals surface area (Å²) in [4.78, 5) is 37.6. The molecule has 1 aromatic rings. The molecule has 8 nitrogen and oxygen atoms in total. The maximum atomic E-state index is 12.4. The number of benzene rings is 1. The first kappa shape index (κ1) is 18.4. The Kier molecular flexibility index (Phi) is 5.26. The fraction of sp³-hybridized carbons (Fsp3) is 0.471. The van der Waals surface area contributed by atoms with Crippen LogP contribution in [0.4, 0.5) is 4.79 Å². The fourth-order valence-corrected chi connectivity index (χ4v) is 4.87. The molecule has 3 rings (SSSR count). The van der Waals surface area contributed by atoms with Gasteiger partial charge in [0, 0.05) is 12.6 Å². The van der Waals surface area contributed by atoms with E-state index in [0.717, 1.165) is 10.5 Å². The lowest BCUT2D eigenvalue weighted by atomic mass is 10.1. The Labute approximate surface area is 151 Å². The minimum atomic E-state index is -3.09. The van der Waals surface area contributed by atoms with Crippen molar-refractivity contribution in [3.8, 4) is 0 Å². The molecule has 2 aliphatic rings. The summed E-state index contributed by atoms with van der Waals surface area (Å²) in [6.45, 7) is 0.244. The van der Waals surface area contributed by atoms with Gasteiger partial charge in [-0.2, -0.15) is 0 Å². The lowest BCUT2D eigenvalue weighted by Gasteiger charge is -2.14. The van der Waals surface area contributed by atoms with Crippen molar-refractivity contribution < 1.29 is 22.8 Å². The van der Waals surface area contributed by atoms with E-state index >= 15 is 0 Å². The van der Waals surface area contributed by atoms with Gasteiger partial charge in [-0.1, -0.05) is 30.3 Å². The molecule has 2 aliphatic heterocycles. The number of amides is 4. The highest BCUT2D eigenvalue weighted by Crippen LogP contribution is 2.14. The summed E-state index contributed by atoms with van der Waals surface area (Å²) in [7, 11) is -3.09. The molecule has 9 heteroatoms. The van der Waals surface area contributed by atoms with E-state index in [-0.39, 0.29) is 24.5 Å². The number of imide groups is 1. The van der Waals surface area contributed by atoms with Crippen LogP contribution in [-0.2, 0) is 25.8 Å². The number of nitrogens with zero attached hydrogens (tertiary/aromatic N) is 1. The highest BCUT2D eigenvalue weighted by atomic mass is 32.2. The van der Waals surface area contributed by atoms with Gasteiger partial charge in [-0.15, -0.1) is 0 Å². The highest BCUT2D eigenvalue weighted by molar-refractivity contribution is 7.91. The second-order valence-corrected chi connectivity index (χ2v) is 8.83. The van der Waals surface area contributed by atoms with Crippen molar-refractivity contribution in [2.24, 2.45) is 0 Å². The number of rotatable bonds is 6. The van der Waals surface area contributed by atoms with E-state index in [4.69, 9.17) is 0 Å². The molecule has 1 aromatic carbocycles. The molecule has 2 saturated heterocycles. The third kappa shape index (κ3) is 4.40. The van der Waals surface area contributed by atoms with Crippen LogP contribution in [0, 0.1) is 0 Å². The molecule has 4 amide bonds. The Morgan fingerprint density at radius 1 is 1.23 bits per heavy atom. The van der Waals surface area contributed by atoms with Crippen molar-refractivity contribution in [1.29, 1.82) is 0 Å². The number of carbonyl (C=O) groups is 3. The molecule has 0 spiro atoms. The van der Waals surface area contributed by atoms with Gasteiger partial charge in [0.2, 0.25) is 5.91 Å². The third-order valence-electron chi connectivity index (χ3n) is 4.56. The average molecular weight is 379 g/mol. The topological polar surface area (TPSA) is 113 Å². The number of sulfone groups is 1. The van der Waals surface area contributed by atoms with Crippen LogP contribution >= 0.6 is 0 Å². The molecule has 2 atom stereocenters. The maximum Gasteiger partial charge on any atom is 0.324 e. The van der Waals surface area contributed by atoms with E-state index in [1.807, 2.05) is 30.3 Å². The zero-order valence-electron chi connectivity index (χ0n) is 14.2. The van der Waals surface area contributed by atoms with Gasteiger partial charge in [0.1, 0.15) is 6.04 Å². The van der Waals surface area contributed by atoms with Gasteiger partial charge in [-0.05, 0) is 18.4 Å². The molecule has 0 aromatic heterocycles. The van der Waals surface area contributed by atoms with Gasteiger partial charge in [0.15, 0.2) is 9.84 Å². The van der Waals surface area contributed by atoms with Crippen molar-refractivity contribution in [1.82, 2.24) is 15.5 Å². The molecular formula is C17H21N3O5S. The van der Waals surface area contributed by atoms with Gasteiger partial charge in [0.25, 0.3) is 5.91 Å². The van der Waals surface area contributed by atoms with Crippen LogP contribution in [0.3, 0.4) is 0 Å². The third-order valence-corrected chi connectivity index (χ3v) is 6.33. The van der Waals surface area contributed by atoms with Crippen molar-refractivity contribution >= 4 is 27.7 Å². The van der Waals surface area contributed by atoms with Crippen molar-refractivity contribution in [3.63, 3.8) is 0 Å². The molecule has 26 heavy (non-hydrogen) atoms. The van der Waals surface area contributed by atoms with Crippen LogP contribution in [0.25, 0.3) is 0 Å². The average Bonchev–Trinajstić information content (AvgIpc) is 3.05. The number of carbonyl (C=O) groups excluding carboxylic acids is 3. The number of nitrogens with one attached hydrogen (secondary N) is 2. The highest BCUT2D eigenvalue weighted by Gasteiger charge is 2.39. The minimum absolute atomic E-state index is 0.0598. The largest absolute Gasteiger partial charge is 0.352 e. The van der Waals surface area contributed by atoms with Gasteiger partial charge in [-0.3, -0.25) is 14.5 Å². The van der Waals surface area contributed by atoms with Crippen molar-refractivity contribution in [3.05, 3.63) is 35.9 Å².